The van der Waals surface area contributed by atoms with Gasteiger partial charge in [-0.2, -0.15) is 0 Å². The summed E-state index contributed by atoms with van der Waals surface area (Å²) in [5.74, 6) is 2.80. The van der Waals surface area contributed by atoms with Crippen LogP contribution in [0.4, 0.5) is 0 Å². The van der Waals surface area contributed by atoms with Gasteiger partial charge >= 0.3 is 5.97 Å². The Morgan fingerprint density at radius 1 is 0.903 bits per heavy atom. The number of fused-ring (bicyclic) bond motifs is 5. The van der Waals surface area contributed by atoms with Gasteiger partial charge in [0.25, 0.3) is 0 Å². The fraction of sp³-hybridized carbons (Fsp3) is 0.963. The van der Waals surface area contributed by atoms with Crippen LogP contribution >= 0.6 is 0 Å². The van der Waals surface area contributed by atoms with Crippen LogP contribution in [-0.2, 0) is 4.79 Å². The zero-order valence-electron chi connectivity index (χ0n) is 20.2. The van der Waals surface area contributed by atoms with Crippen molar-refractivity contribution in [2.75, 3.05) is 0 Å². The fourth-order valence-corrected chi connectivity index (χ4v) is 9.32. The van der Waals surface area contributed by atoms with Gasteiger partial charge in [0.05, 0.1) is 18.1 Å². The van der Waals surface area contributed by atoms with Crippen molar-refractivity contribution < 1.29 is 20.1 Å². The van der Waals surface area contributed by atoms with E-state index in [0.717, 1.165) is 56.8 Å². The minimum atomic E-state index is -0.670. The van der Waals surface area contributed by atoms with Gasteiger partial charge in [0.15, 0.2) is 0 Å². The molecule has 0 bridgehead atoms. The van der Waals surface area contributed by atoms with E-state index in [1.165, 1.54) is 25.7 Å². The van der Waals surface area contributed by atoms with Crippen molar-refractivity contribution in [3.05, 3.63) is 0 Å². The summed E-state index contributed by atoms with van der Waals surface area (Å²) in [6, 6.07) is 0. The van der Waals surface area contributed by atoms with Gasteiger partial charge in [-0.05, 0) is 104 Å². The van der Waals surface area contributed by atoms with Gasteiger partial charge in [0.2, 0.25) is 0 Å². The molecule has 0 aromatic heterocycles. The minimum Gasteiger partial charge on any atom is -0.481 e. The van der Waals surface area contributed by atoms with Gasteiger partial charge in [-0.25, -0.2) is 0 Å². The molecule has 4 aliphatic carbocycles. The van der Waals surface area contributed by atoms with E-state index >= 15 is 0 Å². The minimum absolute atomic E-state index is 0.194. The standard InChI is InChI=1S/C27H46O4/c1-16(6-5-7-17(2)25(30)31)20-8-9-21-19-15-24(29)23-14-18(28)10-12-27(23,4)22(19)11-13-26(20,21)3/h16-24,28-29H,5-15H2,1-4H3,(H,30,31)/t16-,17-,18-,19?,20-,21?,22?,23+,24+,26-,27-/m1/s1. The predicted molar refractivity (Wildman–Crippen MR) is 122 cm³/mol. The Bertz CT molecular complexity index is 664. The number of hydrogen-bond donors (Lipinski definition) is 3. The second-order valence-electron chi connectivity index (χ2n) is 12.6. The maximum atomic E-state index is 11.2. The fourth-order valence-electron chi connectivity index (χ4n) is 9.32. The molecular formula is C27H46O4. The molecule has 0 heterocycles. The molecule has 4 heteroatoms. The highest BCUT2D eigenvalue weighted by Gasteiger charge is 2.62. The molecule has 0 aromatic rings. The molecule has 3 unspecified atom stereocenters. The molecule has 0 saturated heterocycles. The topological polar surface area (TPSA) is 77.8 Å². The third-order valence-corrected chi connectivity index (χ3v) is 11.1. The highest BCUT2D eigenvalue weighted by atomic mass is 16.4. The molecule has 4 nitrogen and oxygen atoms in total. The maximum Gasteiger partial charge on any atom is 0.306 e. The Labute approximate surface area is 189 Å². The number of aliphatic hydroxyl groups excluding tert-OH is 2. The van der Waals surface area contributed by atoms with Crippen LogP contribution in [0, 0.1) is 52.3 Å². The Morgan fingerprint density at radius 2 is 1.58 bits per heavy atom. The first-order chi connectivity index (χ1) is 14.6. The third-order valence-electron chi connectivity index (χ3n) is 11.1. The van der Waals surface area contributed by atoms with Crippen LogP contribution in [0.5, 0.6) is 0 Å². The Hall–Kier alpha value is -0.610. The van der Waals surface area contributed by atoms with E-state index in [1.807, 2.05) is 6.92 Å². The lowest BCUT2D eigenvalue weighted by Gasteiger charge is -2.62. The number of rotatable bonds is 6. The van der Waals surface area contributed by atoms with Gasteiger partial charge in [-0.1, -0.05) is 40.5 Å². The van der Waals surface area contributed by atoms with Gasteiger partial charge in [0.1, 0.15) is 0 Å². The third kappa shape index (κ3) is 3.98. The van der Waals surface area contributed by atoms with Crippen LogP contribution in [0.1, 0.15) is 98.3 Å². The molecular weight excluding hydrogens is 388 g/mol. The largest absolute Gasteiger partial charge is 0.481 e. The molecule has 11 atom stereocenters. The zero-order chi connectivity index (χ0) is 22.6. The van der Waals surface area contributed by atoms with Crippen molar-refractivity contribution in [3.8, 4) is 0 Å². The number of hydrogen-bond acceptors (Lipinski definition) is 3. The summed E-state index contributed by atoms with van der Waals surface area (Å²) in [5.41, 5.74) is 0.565. The number of aliphatic carboxylic acids is 1. The van der Waals surface area contributed by atoms with E-state index in [0.29, 0.717) is 23.2 Å². The lowest BCUT2D eigenvalue weighted by atomic mass is 9.44. The molecule has 3 N–H and O–H groups in total. The lowest BCUT2D eigenvalue weighted by molar-refractivity contribution is -0.172. The molecule has 4 fully saturated rings. The van der Waals surface area contributed by atoms with Gasteiger partial charge in [0, 0.05) is 0 Å². The van der Waals surface area contributed by atoms with Crippen LogP contribution in [0.15, 0.2) is 0 Å². The SMILES string of the molecule is C[C@H](CCC[C@@H](C)[C@H]1CCC2C3C[C@H](O)[C@@H]4C[C@H](O)CC[C@]4(C)C3CC[C@@]21C)C(=O)O. The van der Waals surface area contributed by atoms with Gasteiger partial charge < -0.3 is 15.3 Å². The molecule has 0 amide bonds. The van der Waals surface area contributed by atoms with E-state index in [9.17, 15) is 15.0 Å². The van der Waals surface area contributed by atoms with Crippen LogP contribution in [-0.4, -0.2) is 33.5 Å². The van der Waals surface area contributed by atoms with E-state index in [2.05, 4.69) is 20.8 Å². The van der Waals surface area contributed by atoms with Crippen LogP contribution in [0.2, 0.25) is 0 Å². The predicted octanol–water partition coefficient (Wildman–Crippen LogP) is 5.50. The first-order valence-corrected chi connectivity index (χ1v) is 13.2. The Balaban J connectivity index is 1.45. The number of carboxylic acid groups (broad SMARTS) is 1. The number of carbonyl (C=O) groups is 1. The highest BCUT2D eigenvalue weighted by molar-refractivity contribution is 5.69. The molecule has 0 aliphatic heterocycles. The summed E-state index contributed by atoms with van der Waals surface area (Å²) < 4.78 is 0. The van der Waals surface area contributed by atoms with E-state index < -0.39 is 5.97 Å². The molecule has 0 spiro atoms. The normalized spacial score (nSPS) is 48.9. The molecule has 4 saturated carbocycles. The van der Waals surface area contributed by atoms with Crippen LogP contribution < -0.4 is 0 Å². The number of carboxylic acids is 1. The average molecular weight is 435 g/mol. The van der Waals surface area contributed by atoms with Crippen molar-refractivity contribution in [2.24, 2.45) is 52.3 Å². The zero-order valence-corrected chi connectivity index (χ0v) is 20.2. The Morgan fingerprint density at radius 3 is 2.29 bits per heavy atom. The molecule has 4 aliphatic rings. The highest BCUT2D eigenvalue weighted by Crippen LogP contribution is 2.68. The quantitative estimate of drug-likeness (QED) is 0.515. The maximum absolute atomic E-state index is 11.2. The first-order valence-electron chi connectivity index (χ1n) is 13.2. The van der Waals surface area contributed by atoms with Crippen molar-refractivity contribution in [3.63, 3.8) is 0 Å². The summed E-state index contributed by atoms with van der Waals surface area (Å²) in [6.07, 6.45) is 11.4. The summed E-state index contributed by atoms with van der Waals surface area (Å²) in [4.78, 5) is 11.1. The molecule has 4 rings (SSSR count). The van der Waals surface area contributed by atoms with Crippen molar-refractivity contribution in [2.45, 2.75) is 111 Å². The molecule has 0 aromatic carbocycles. The van der Waals surface area contributed by atoms with Crippen molar-refractivity contribution in [1.29, 1.82) is 0 Å². The van der Waals surface area contributed by atoms with E-state index in [1.54, 1.807) is 0 Å². The van der Waals surface area contributed by atoms with Crippen LogP contribution in [0.3, 0.4) is 0 Å². The van der Waals surface area contributed by atoms with Crippen molar-refractivity contribution in [1.82, 2.24) is 0 Å². The second kappa shape index (κ2) is 8.63. The Kier molecular flexibility index (Phi) is 6.55. The average Bonchev–Trinajstić information content (AvgIpc) is 3.06. The summed E-state index contributed by atoms with van der Waals surface area (Å²) >= 11 is 0. The van der Waals surface area contributed by atoms with E-state index in [-0.39, 0.29) is 29.5 Å². The summed E-state index contributed by atoms with van der Waals surface area (Å²) in [6.45, 7) is 9.22. The molecule has 31 heavy (non-hydrogen) atoms. The smallest absolute Gasteiger partial charge is 0.306 e. The van der Waals surface area contributed by atoms with Crippen molar-refractivity contribution >= 4 is 5.97 Å². The summed E-state index contributed by atoms with van der Waals surface area (Å²) in [5, 5.41) is 30.6. The first kappa shape index (κ1) is 23.5. The summed E-state index contributed by atoms with van der Waals surface area (Å²) in [7, 11) is 0. The monoisotopic (exact) mass is 434 g/mol. The number of aliphatic hydroxyl groups is 2. The molecule has 178 valence electrons. The second-order valence-corrected chi connectivity index (χ2v) is 12.6. The lowest BCUT2D eigenvalue weighted by Crippen LogP contribution is -2.58. The van der Waals surface area contributed by atoms with Crippen LogP contribution in [0.25, 0.3) is 0 Å². The molecule has 0 radical (unpaired) electrons. The van der Waals surface area contributed by atoms with Gasteiger partial charge in [-0.15, -0.1) is 0 Å². The van der Waals surface area contributed by atoms with E-state index in [4.69, 9.17) is 5.11 Å². The van der Waals surface area contributed by atoms with Gasteiger partial charge in [-0.3, -0.25) is 4.79 Å².